The molecule has 2 aromatic heterocycles. The number of primary amides is 1. The summed E-state index contributed by atoms with van der Waals surface area (Å²) < 4.78 is 15.1. The van der Waals surface area contributed by atoms with Crippen LogP contribution in [0.2, 0.25) is 0 Å². The second-order valence-corrected chi connectivity index (χ2v) is 9.55. The van der Waals surface area contributed by atoms with E-state index in [-0.39, 0.29) is 29.0 Å². The predicted octanol–water partition coefficient (Wildman–Crippen LogP) is 1.26. The maximum Gasteiger partial charge on any atom is 0.292 e. The zero-order chi connectivity index (χ0) is 29.4. The molecule has 0 spiro atoms. The molecule has 1 saturated carbocycles. The molecule has 0 radical (unpaired) electrons. The summed E-state index contributed by atoms with van der Waals surface area (Å²) in [4.78, 5) is 42.3. The van der Waals surface area contributed by atoms with Crippen molar-refractivity contribution in [3.05, 3.63) is 35.9 Å². The Bertz CT molecular complexity index is 1370. The molecule has 0 bridgehead atoms. The van der Waals surface area contributed by atoms with E-state index in [2.05, 4.69) is 52.6 Å². The number of anilines is 3. The zero-order valence-electron chi connectivity index (χ0n) is 23.1. The molecular formula is C26H33N9O6. The number of nitrogens with zero attached hydrogens (tertiary/aromatic N) is 6. The van der Waals surface area contributed by atoms with Crippen molar-refractivity contribution in [2.45, 2.75) is 19.4 Å². The molecule has 1 aliphatic carbocycles. The van der Waals surface area contributed by atoms with Crippen LogP contribution in [-0.4, -0.2) is 95.9 Å². The first kappa shape index (κ1) is 29.4. The summed E-state index contributed by atoms with van der Waals surface area (Å²) in [7, 11) is 4.94. The molecule has 15 nitrogen and oxygen atoms in total. The smallest absolute Gasteiger partial charge is 0.292 e. The van der Waals surface area contributed by atoms with E-state index in [1.54, 1.807) is 12.1 Å². The van der Waals surface area contributed by atoms with E-state index < -0.39 is 5.91 Å². The molecule has 218 valence electrons. The van der Waals surface area contributed by atoms with Gasteiger partial charge in [-0.1, -0.05) is 11.2 Å². The van der Waals surface area contributed by atoms with Gasteiger partial charge in [0, 0.05) is 38.2 Å². The highest BCUT2D eigenvalue weighted by molar-refractivity contribution is 5.99. The highest BCUT2D eigenvalue weighted by Crippen LogP contribution is 2.37. The predicted molar refractivity (Wildman–Crippen MR) is 147 cm³/mol. The van der Waals surface area contributed by atoms with E-state index in [1.165, 1.54) is 20.3 Å². The molecule has 5 rings (SSSR count). The third kappa shape index (κ3) is 7.73. The molecule has 0 atom stereocenters. The number of piperazine rings is 1. The number of hydrogen-bond donors (Lipinski definition) is 3. The van der Waals surface area contributed by atoms with Gasteiger partial charge in [0.25, 0.3) is 12.4 Å². The summed E-state index contributed by atoms with van der Waals surface area (Å²) in [5.74, 6) is 0.641. The molecule has 2 fully saturated rings. The first-order valence-corrected chi connectivity index (χ1v) is 13.0. The van der Waals surface area contributed by atoms with Gasteiger partial charge in [-0.25, -0.2) is 0 Å². The molecule has 0 unspecified atom stereocenters. The minimum absolute atomic E-state index is 0.0121. The van der Waals surface area contributed by atoms with E-state index in [4.69, 9.17) is 19.8 Å². The lowest BCUT2D eigenvalue weighted by molar-refractivity contribution is -0.126. The van der Waals surface area contributed by atoms with E-state index in [0.717, 1.165) is 39.0 Å². The van der Waals surface area contributed by atoms with Crippen LogP contribution in [-0.2, 0) is 20.9 Å². The van der Waals surface area contributed by atoms with Gasteiger partial charge in [0.2, 0.25) is 17.6 Å². The van der Waals surface area contributed by atoms with Crippen molar-refractivity contribution < 1.29 is 28.4 Å². The summed E-state index contributed by atoms with van der Waals surface area (Å²) in [6.45, 7) is 4.79. The lowest BCUT2D eigenvalue weighted by Gasteiger charge is -2.31. The first-order chi connectivity index (χ1) is 19.8. The maximum atomic E-state index is 12.2. The Balaban J connectivity index is 0.000000909. The van der Waals surface area contributed by atoms with Gasteiger partial charge in [0.05, 0.1) is 37.7 Å². The molecule has 2 aliphatic rings. The molecule has 3 aromatic rings. The monoisotopic (exact) mass is 567 g/mol. The minimum atomic E-state index is -0.767. The summed E-state index contributed by atoms with van der Waals surface area (Å²) in [6.07, 6.45) is 1.70. The van der Waals surface area contributed by atoms with E-state index in [0.29, 0.717) is 41.7 Å². The minimum Gasteiger partial charge on any atom is -0.494 e. The summed E-state index contributed by atoms with van der Waals surface area (Å²) in [5, 5.41) is 17.9. The van der Waals surface area contributed by atoms with Crippen molar-refractivity contribution >= 4 is 35.5 Å². The van der Waals surface area contributed by atoms with Gasteiger partial charge in [-0.15, -0.1) is 10.2 Å². The Morgan fingerprint density at radius 2 is 1.88 bits per heavy atom. The molecule has 15 heteroatoms. The van der Waals surface area contributed by atoms with Crippen LogP contribution in [0.5, 0.6) is 5.75 Å². The van der Waals surface area contributed by atoms with Crippen LogP contribution in [0.4, 0.5) is 17.2 Å². The Hall–Kier alpha value is -4.63. The lowest BCUT2D eigenvalue weighted by atomic mass is 10.1. The van der Waals surface area contributed by atoms with E-state index in [9.17, 15) is 9.59 Å². The standard InChI is InChI=1S/C24H29N9O4.C2H4O2/c1-32-8-10-33(11-9-32)13-19-28-23(31-37-19)15-4-3-5-16(21(15)36-2)26-17-12-18(27-24(35)14-6-7-14)29-30-20(17)22(25)34;1-4-2-3/h3-5,12,14H,6-11,13H2,1-2H3,(H2,25,34)(H2,26,27,29,35);2H,1H3. The average molecular weight is 568 g/mol. The van der Waals surface area contributed by atoms with Crippen LogP contribution in [0.3, 0.4) is 0 Å². The van der Waals surface area contributed by atoms with Crippen molar-refractivity contribution in [3.63, 3.8) is 0 Å². The SMILES string of the molecule is COC=O.COc1c(Nc2cc(NC(=O)C3CC3)nnc2C(N)=O)cccc1-c1noc(CN2CCN(C)CC2)n1. The number of aromatic nitrogens is 4. The van der Waals surface area contributed by atoms with Crippen molar-refractivity contribution in [1.82, 2.24) is 30.1 Å². The Morgan fingerprint density at radius 1 is 1.15 bits per heavy atom. The number of nitrogens with one attached hydrogen (secondary N) is 2. The zero-order valence-corrected chi connectivity index (χ0v) is 23.1. The second kappa shape index (κ2) is 13.6. The number of amides is 2. The molecular weight excluding hydrogens is 534 g/mol. The number of likely N-dealkylation sites (N-methyl/N-ethyl adjacent to an activating group) is 1. The number of methoxy groups -OCH3 is 2. The van der Waals surface area contributed by atoms with E-state index >= 15 is 0 Å². The second-order valence-electron chi connectivity index (χ2n) is 9.55. The van der Waals surface area contributed by atoms with Crippen LogP contribution in [0.15, 0.2) is 28.8 Å². The van der Waals surface area contributed by atoms with Gasteiger partial charge in [-0.3, -0.25) is 19.3 Å². The summed E-state index contributed by atoms with van der Waals surface area (Å²) >= 11 is 0. The molecule has 4 N–H and O–H groups in total. The number of ether oxygens (including phenoxy) is 2. The number of benzene rings is 1. The average Bonchev–Trinajstić information content (AvgIpc) is 3.73. The van der Waals surface area contributed by atoms with Gasteiger partial charge in [-0.05, 0) is 32.0 Å². The molecule has 1 aliphatic heterocycles. The van der Waals surface area contributed by atoms with Crippen LogP contribution in [0.25, 0.3) is 11.4 Å². The molecule has 3 heterocycles. The highest BCUT2D eigenvalue weighted by atomic mass is 16.5. The van der Waals surface area contributed by atoms with Crippen LogP contribution in [0, 0.1) is 5.92 Å². The van der Waals surface area contributed by atoms with Gasteiger partial charge in [0.15, 0.2) is 17.3 Å². The quantitative estimate of drug-likeness (QED) is 0.297. The normalized spacial score (nSPS) is 15.3. The fourth-order valence-corrected chi connectivity index (χ4v) is 4.11. The van der Waals surface area contributed by atoms with Crippen LogP contribution < -0.4 is 21.1 Å². The van der Waals surface area contributed by atoms with Crippen LogP contribution >= 0.6 is 0 Å². The number of rotatable bonds is 10. The van der Waals surface area contributed by atoms with Gasteiger partial charge >= 0.3 is 0 Å². The third-order valence-electron chi connectivity index (χ3n) is 6.48. The maximum absolute atomic E-state index is 12.2. The topological polar surface area (TPSA) is 191 Å². The first-order valence-electron chi connectivity index (χ1n) is 13.0. The molecule has 1 saturated heterocycles. The van der Waals surface area contributed by atoms with Crippen LogP contribution in [0.1, 0.15) is 29.2 Å². The molecule has 1 aromatic carbocycles. The number of carbonyl (C=O) groups excluding carboxylic acids is 3. The third-order valence-corrected chi connectivity index (χ3v) is 6.48. The summed E-state index contributed by atoms with van der Waals surface area (Å²) in [6, 6.07) is 6.89. The fourth-order valence-electron chi connectivity index (χ4n) is 4.11. The number of nitrogens with two attached hydrogens (primary N) is 1. The Labute approximate surface area is 236 Å². The van der Waals surface area contributed by atoms with Gasteiger partial charge in [0.1, 0.15) is 0 Å². The fraction of sp³-hybridized carbons (Fsp3) is 0.423. The number of para-hydroxylation sites is 1. The van der Waals surface area contributed by atoms with Gasteiger partial charge in [-0.2, -0.15) is 4.98 Å². The number of carbonyl (C=O) groups is 3. The Morgan fingerprint density at radius 3 is 2.51 bits per heavy atom. The van der Waals surface area contributed by atoms with Crippen molar-refractivity contribution in [2.24, 2.45) is 11.7 Å². The van der Waals surface area contributed by atoms with Crippen molar-refractivity contribution in [1.29, 1.82) is 0 Å². The highest BCUT2D eigenvalue weighted by Gasteiger charge is 2.30. The van der Waals surface area contributed by atoms with Gasteiger partial charge < -0.3 is 35.3 Å². The van der Waals surface area contributed by atoms with Crippen molar-refractivity contribution in [2.75, 3.05) is 58.1 Å². The van der Waals surface area contributed by atoms with E-state index in [1.807, 2.05) is 6.07 Å². The largest absolute Gasteiger partial charge is 0.494 e. The Kier molecular flexibility index (Phi) is 9.76. The van der Waals surface area contributed by atoms with Crippen molar-refractivity contribution in [3.8, 4) is 17.1 Å². The molecule has 2 amide bonds. The summed E-state index contributed by atoms with van der Waals surface area (Å²) in [5.41, 5.74) is 6.83. The molecule has 41 heavy (non-hydrogen) atoms. The number of hydrogen-bond acceptors (Lipinski definition) is 13. The lowest BCUT2D eigenvalue weighted by Crippen LogP contribution is -2.43.